The van der Waals surface area contributed by atoms with Gasteiger partial charge in [-0.2, -0.15) is 0 Å². The fraction of sp³-hybridized carbons (Fsp3) is 0.207. The van der Waals surface area contributed by atoms with E-state index in [2.05, 4.69) is 5.32 Å². The molecule has 1 aliphatic heterocycles. The van der Waals surface area contributed by atoms with Crippen molar-refractivity contribution in [1.29, 1.82) is 0 Å². The third kappa shape index (κ3) is 5.50. The van der Waals surface area contributed by atoms with Crippen LogP contribution in [0.4, 0.5) is 9.18 Å². The number of pyridine rings is 1. The maximum atomic E-state index is 14.5. The highest BCUT2D eigenvalue weighted by molar-refractivity contribution is 6.06. The molecule has 0 radical (unpaired) electrons. The van der Waals surface area contributed by atoms with E-state index in [1.807, 2.05) is 41.7 Å². The van der Waals surface area contributed by atoms with Crippen molar-refractivity contribution in [3.63, 3.8) is 0 Å². The van der Waals surface area contributed by atoms with Crippen LogP contribution < -0.4 is 10.6 Å². The minimum Gasteiger partial charge on any atom is -0.465 e. The number of nitrogens with one attached hydrogen (secondary N) is 2. The number of halogens is 2. The first-order chi connectivity index (χ1) is 18.3. The van der Waals surface area contributed by atoms with Crippen LogP contribution in [0.15, 0.2) is 66.9 Å². The van der Waals surface area contributed by atoms with Gasteiger partial charge in [0, 0.05) is 49.9 Å². The number of benzene rings is 2. The zero-order valence-corrected chi connectivity index (χ0v) is 22.1. The van der Waals surface area contributed by atoms with E-state index in [4.69, 9.17) is 5.11 Å². The molecule has 0 saturated carbocycles. The molecule has 2 aromatic heterocycles. The average Bonchev–Trinajstić information content (AvgIpc) is 3.24. The number of hydrogen-bond acceptors (Lipinski definition) is 4. The number of carbonyl (C=O) groups excluding carboxylic acids is 2. The van der Waals surface area contributed by atoms with Crippen LogP contribution in [0.1, 0.15) is 37.5 Å². The second-order valence-electron chi connectivity index (χ2n) is 9.24. The number of carbonyl (C=O) groups is 3. The van der Waals surface area contributed by atoms with E-state index in [1.54, 1.807) is 34.6 Å². The summed E-state index contributed by atoms with van der Waals surface area (Å²) >= 11 is 0. The summed E-state index contributed by atoms with van der Waals surface area (Å²) in [6, 6.07) is 17.5. The molecule has 10 heteroatoms. The predicted molar refractivity (Wildman–Crippen MR) is 148 cm³/mol. The molecule has 1 fully saturated rings. The van der Waals surface area contributed by atoms with Crippen molar-refractivity contribution < 1.29 is 23.9 Å². The highest BCUT2D eigenvalue weighted by atomic mass is 35.5. The number of carboxylic acid groups (broad SMARTS) is 1. The first-order valence-corrected chi connectivity index (χ1v) is 12.4. The first kappa shape index (κ1) is 27.8. The van der Waals surface area contributed by atoms with E-state index >= 15 is 0 Å². The summed E-state index contributed by atoms with van der Waals surface area (Å²) in [4.78, 5) is 39.5. The maximum Gasteiger partial charge on any atom is 0.411 e. The number of fused-ring (bicyclic) bond motifs is 1. The fourth-order valence-corrected chi connectivity index (χ4v) is 5.00. The summed E-state index contributed by atoms with van der Waals surface area (Å²) in [5.74, 6) is -1.25. The number of aromatic nitrogens is 1. The molecule has 5 rings (SSSR count). The quantitative estimate of drug-likeness (QED) is 0.339. The number of piperazine rings is 1. The minimum atomic E-state index is -1.45. The van der Waals surface area contributed by atoms with Gasteiger partial charge in [-0.15, -0.1) is 12.4 Å². The molecule has 0 bridgehead atoms. The van der Waals surface area contributed by atoms with Crippen LogP contribution in [-0.4, -0.2) is 58.5 Å². The topological polar surface area (TPSA) is 103 Å². The number of nitrogens with zero attached hydrogens (tertiary/aromatic N) is 2. The normalized spacial score (nSPS) is 13.1. The molecule has 1 aliphatic rings. The summed E-state index contributed by atoms with van der Waals surface area (Å²) in [5.41, 5.74) is 4.68. The third-order valence-electron chi connectivity index (χ3n) is 6.94. The lowest BCUT2D eigenvalue weighted by molar-refractivity contribution is 0.0727. The number of hydrogen-bond donors (Lipinski definition) is 3. The Bertz CT molecular complexity index is 1550. The molecule has 3 heterocycles. The Morgan fingerprint density at radius 1 is 1.03 bits per heavy atom. The molecule has 202 valence electrons. The second kappa shape index (κ2) is 11.7. The van der Waals surface area contributed by atoms with Crippen molar-refractivity contribution in [2.24, 2.45) is 0 Å². The zero-order valence-electron chi connectivity index (χ0n) is 21.2. The van der Waals surface area contributed by atoms with Crippen LogP contribution in [0.5, 0.6) is 0 Å². The van der Waals surface area contributed by atoms with Crippen LogP contribution in [0.2, 0.25) is 0 Å². The molecule has 3 N–H and O–H groups in total. The molecule has 0 spiro atoms. The highest BCUT2D eigenvalue weighted by Crippen LogP contribution is 2.37. The summed E-state index contributed by atoms with van der Waals surface area (Å²) in [7, 11) is 0. The SMILES string of the molecule is Cc1c(F)cccc1Cc1c(-c2ccccc2)c2cc(C(=O)NC(=O)O)ccn2c1C(=O)N1CCNCC1.Cl. The van der Waals surface area contributed by atoms with Gasteiger partial charge in [0.1, 0.15) is 11.5 Å². The van der Waals surface area contributed by atoms with Crippen LogP contribution in [0.25, 0.3) is 16.6 Å². The Labute approximate surface area is 230 Å². The smallest absolute Gasteiger partial charge is 0.411 e. The van der Waals surface area contributed by atoms with Gasteiger partial charge in [-0.1, -0.05) is 42.5 Å². The highest BCUT2D eigenvalue weighted by Gasteiger charge is 2.29. The lowest BCUT2D eigenvalue weighted by Gasteiger charge is -2.28. The monoisotopic (exact) mass is 550 g/mol. The van der Waals surface area contributed by atoms with Crippen molar-refractivity contribution in [2.45, 2.75) is 13.3 Å². The number of rotatable bonds is 5. The molecule has 2 aromatic carbocycles. The first-order valence-electron chi connectivity index (χ1n) is 12.4. The van der Waals surface area contributed by atoms with Crippen molar-refractivity contribution >= 4 is 35.8 Å². The summed E-state index contributed by atoms with van der Waals surface area (Å²) in [5, 5.41) is 14.2. The molecule has 8 nitrogen and oxygen atoms in total. The zero-order chi connectivity index (χ0) is 26.8. The minimum absolute atomic E-state index is 0. The predicted octanol–water partition coefficient (Wildman–Crippen LogP) is 4.52. The van der Waals surface area contributed by atoms with Gasteiger partial charge in [-0.05, 0) is 47.4 Å². The Morgan fingerprint density at radius 3 is 2.44 bits per heavy atom. The summed E-state index contributed by atoms with van der Waals surface area (Å²) in [6.07, 6.45) is 0.459. The van der Waals surface area contributed by atoms with Gasteiger partial charge >= 0.3 is 6.09 Å². The standard InChI is InChI=1S/C29H27FN4O4.ClH/c1-18-20(8-5-9-23(18)30)16-22-25(19-6-3-2-4-7-19)24-17-21(27(35)32-29(37)38)10-13-34(24)26(22)28(36)33-14-11-31-12-15-33;/h2-10,13,17,31H,11-12,14-16H2,1H3,(H,32,35)(H,37,38);1H. The van der Waals surface area contributed by atoms with E-state index in [0.29, 0.717) is 54.9 Å². The number of amides is 3. The van der Waals surface area contributed by atoms with Crippen molar-refractivity contribution in [2.75, 3.05) is 26.2 Å². The van der Waals surface area contributed by atoms with Gasteiger partial charge < -0.3 is 19.7 Å². The van der Waals surface area contributed by atoms with Gasteiger partial charge in [-0.25, -0.2) is 9.18 Å². The van der Waals surface area contributed by atoms with Crippen molar-refractivity contribution in [1.82, 2.24) is 19.9 Å². The fourth-order valence-electron chi connectivity index (χ4n) is 5.00. The molecule has 0 unspecified atom stereocenters. The molecule has 4 aromatic rings. The lowest BCUT2D eigenvalue weighted by atomic mass is 9.93. The van der Waals surface area contributed by atoms with Gasteiger partial charge in [0.25, 0.3) is 11.8 Å². The Balaban J connectivity index is 0.00000353. The van der Waals surface area contributed by atoms with Gasteiger partial charge in [0.15, 0.2) is 0 Å². The molecule has 39 heavy (non-hydrogen) atoms. The van der Waals surface area contributed by atoms with Crippen molar-refractivity contribution in [3.05, 3.63) is 101 Å². The Hall–Kier alpha value is -4.21. The summed E-state index contributed by atoms with van der Waals surface area (Å²) < 4.78 is 16.3. The average molecular weight is 551 g/mol. The summed E-state index contributed by atoms with van der Waals surface area (Å²) in [6.45, 7) is 4.17. The van der Waals surface area contributed by atoms with Crippen molar-refractivity contribution in [3.8, 4) is 11.1 Å². The van der Waals surface area contributed by atoms with E-state index < -0.39 is 12.0 Å². The third-order valence-corrected chi connectivity index (χ3v) is 6.94. The van der Waals surface area contributed by atoms with Gasteiger partial charge in [0.2, 0.25) is 0 Å². The van der Waals surface area contributed by atoms with Crippen LogP contribution in [0, 0.1) is 12.7 Å². The van der Waals surface area contributed by atoms with Gasteiger partial charge in [-0.3, -0.25) is 14.9 Å². The molecule has 0 aliphatic carbocycles. The van der Waals surface area contributed by atoms with E-state index in [0.717, 1.165) is 16.7 Å². The largest absolute Gasteiger partial charge is 0.465 e. The van der Waals surface area contributed by atoms with Gasteiger partial charge in [0.05, 0.1) is 5.52 Å². The molecular weight excluding hydrogens is 523 g/mol. The molecule has 0 atom stereocenters. The van der Waals surface area contributed by atoms with Crippen LogP contribution in [0.3, 0.4) is 0 Å². The lowest BCUT2D eigenvalue weighted by Crippen LogP contribution is -2.46. The van der Waals surface area contributed by atoms with E-state index in [1.165, 1.54) is 12.1 Å². The van der Waals surface area contributed by atoms with E-state index in [9.17, 15) is 18.8 Å². The second-order valence-corrected chi connectivity index (χ2v) is 9.24. The molecule has 1 saturated heterocycles. The number of imide groups is 1. The van der Waals surface area contributed by atoms with Crippen LogP contribution in [-0.2, 0) is 6.42 Å². The molecular formula is C29H28ClFN4O4. The Kier molecular flexibility index (Phi) is 8.32. The Morgan fingerprint density at radius 2 is 1.74 bits per heavy atom. The molecule has 3 amide bonds. The van der Waals surface area contributed by atoms with E-state index in [-0.39, 0.29) is 29.7 Å². The van der Waals surface area contributed by atoms with Crippen LogP contribution >= 0.6 is 12.4 Å². The maximum absolute atomic E-state index is 14.5.